The van der Waals surface area contributed by atoms with Crippen LogP contribution in [0.25, 0.3) is 0 Å². The molecule has 0 amide bonds. The van der Waals surface area contributed by atoms with Crippen LogP contribution in [0.15, 0.2) is 73.1 Å². The van der Waals surface area contributed by atoms with Crippen molar-refractivity contribution in [1.29, 1.82) is 0 Å². The highest BCUT2D eigenvalue weighted by Gasteiger charge is 2.14. The number of benzene rings is 1. The van der Waals surface area contributed by atoms with E-state index in [9.17, 15) is 0 Å². The number of rotatable bonds is 5. The van der Waals surface area contributed by atoms with Gasteiger partial charge in [-0.1, -0.05) is 35.9 Å². The fraction of sp³-hybridized carbons (Fsp3) is 0.105. The number of pyridine rings is 2. The quantitative estimate of drug-likeness (QED) is 0.670. The molecule has 1 N–H and O–H groups in total. The maximum absolute atomic E-state index is 6.23. The molecule has 0 aliphatic heterocycles. The number of nitrogens with zero attached hydrogens (tertiary/aromatic N) is 3. The van der Waals surface area contributed by atoms with Gasteiger partial charge in [0.15, 0.2) is 5.11 Å². The van der Waals surface area contributed by atoms with E-state index in [4.69, 9.17) is 23.8 Å². The van der Waals surface area contributed by atoms with E-state index in [-0.39, 0.29) is 0 Å². The van der Waals surface area contributed by atoms with Crippen LogP contribution in [-0.4, -0.2) is 20.0 Å². The number of nitrogens with one attached hydrogen (secondary N) is 1. The molecule has 126 valence electrons. The van der Waals surface area contributed by atoms with Crippen molar-refractivity contribution in [2.45, 2.75) is 13.1 Å². The molecule has 3 rings (SSSR count). The largest absolute Gasteiger partial charge is 0.337 e. The molecule has 0 atom stereocenters. The summed E-state index contributed by atoms with van der Waals surface area (Å²) in [7, 11) is 0. The predicted octanol–water partition coefficient (Wildman–Crippen LogP) is 4.53. The number of halogens is 1. The second kappa shape index (κ2) is 8.55. The maximum atomic E-state index is 6.23. The van der Waals surface area contributed by atoms with Gasteiger partial charge >= 0.3 is 0 Å². The van der Waals surface area contributed by atoms with E-state index in [1.165, 1.54) is 0 Å². The first-order chi connectivity index (χ1) is 12.2. The smallest absolute Gasteiger partial charge is 0.174 e. The monoisotopic (exact) mass is 368 g/mol. The number of para-hydroxylation sites is 1. The zero-order valence-electron chi connectivity index (χ0n) is 13.5. The minimum absolute atomic E-state index is 0.574. The minimum Gasteiger partial charge on any atom is -0.337 e. The van der Waals surface area contributed by atoms with Gasteiger partial charge in [0.05, 0.1) is 35.2 Å². The third kappa shape index (κ3) is 4.98. The van der Waals surface area contributed by atoms with Crippen LogP contribution >= 0.6 is 23.8 Å². The third-order valence-electron chi connectivity index (χ3n) is 3.56. The Bertz CT molecular complexity index is 786. The first-order valence-electron chi connectivity index (χ1n) is 7.82. The van der Waals surface area contributed by atoms with Crippen LogP contribution in [0.1, 0.15) is 11.4 Å². The highest BCUT2D eigenvalue weighted by atomic mass is 35.5. The lowest BCUT2D eigenvalue weighted by Gasteiger charge is -2.25. The van der Waals surface area contributed by atoms with Gasteiger partial charge in [-0.15, -0.1) is 0 Å². The Balaban J connectivity index is 1.79. The molecule has 3 aromatic rings. The molecule has 0 aliphatic rings. The highest BCUT2D eigenvalue weighted by Crippen LogP contribution is 2.21. The molecule has 0 spiro atoms. The maximum Gasteiger partial charge on any atom is 0.174 e. The van der Waals surface area contributed by atoms with E-state index in [2.05, 4.69) is 15.3 Å². The normalized spacial score (nSPS) is 10.3. The van der Waals surface area contributed by atoms with E-state index < -0.39 is 0 Å². The molecule has 4 nitrogen and oxygen atoms in total. The van der Waals surface area contributed by atoms with Crippen LogP contribution in [0.3, 0.4) is 0 Å². The molecule has 0 unspecified atom stereocenters. The van der Waals surface area contributed by atoms with Crippen LogP contribution in [0.2, 0.25) is 5.02 Å². The molecule has 6 heteroatoms. The summed E-state index contributed by atoms with van der Waals surface area (Å²) in [5.41, 5.74) is 2.64. The Kier molecular flexibility index (Phi) is 5.93. The van der Waals surface area contributed by atoms with Gasteiger partial charge in [-0.3, -0.25) is 9.97 Å². The molecular weight excluding hydrogens is 352 g/mol. The summed E-state index contributed by atoms with van der Waals surface area (Å²) >= 11 is 11.8. The average molecular weight is 369 g/mol. The van der Waals surface area contributed by atoms with Crippen molar-refractivity contribution in [3.8, 4) is 0 Å². The van der Waals surface area contributed by atoms with E-state index >= 15 is 0 Å². The van der Waals surface area contributed by atoms with Gasteiger partial charge in [-0.05, 0) is 48.6 Å². The Labute approximate surface area is 157 Å². The van der Waals surface area contributed by atoms with Gasteiger partial charge in [0.1, 0.15) is 0 Å². The molecule has 2 heterocycles. The lowest BCUT2D eigenvalue weighted by molar-refractivity contribution is 0.402. The fourth-order valence-electron chi connectivity index (χ4n) is 2.33. The number of thiocarbonyl (C=S) groups is 1. The number of hydrogen-bond donors (Lipinski definition) is 1. The summed E-state index contributed by atoms with van der Waals surface area (Å²) < 4.78 is 0. The first kappa shape index (κ1) is 17.3. The summed E-state index contributed by atoms with van der Waals surface area (Å²) in [6.07, 6.45) is 3.55. The standard InChI is InChI=1S/C19H17ClN4S/c20-17-9-1-2-10-18(17)23-19(25)24(13-15-7-3-5-11-21-15)14-16-8-4-6-12-22-16/h1-12H,13-14H2,(H,23,25). The molecule has 0 radical (unpaired) electrons. The van der Waals surface area contributed by atoms with E-state index in [0.717, 1.165) is 17.1 Å². The summed E-state index contributed by atoms with van der Waals surface area (Å²) in [6, 6.07) is 19.2. The van der Waals surface area contributed by atoms with E-state index in [0.29, 0.717) is 23.2 Å². The van der Waals surface area contributed by atoms with Gasteiger partial charge < -0.3 is 10.2 Å². The fourth-order valence-corrected chi connectivity index (χ4v) is 2.75. The SMILES string of the molecule is S=C(Nc1ccccc1Cl)N(Cc1ccccn1)Cc1ccccn1. The molecule has 2 aromatic heterocycles. The lowest BCUT2D eigenvalue weighted by atomic mass is 10.3. The number of aromatic nitrogens is 2. The van der Waals surface area contributed by atoms with Crippen molar-refractivity contribution < 1.29 is 0 Å². The summed E-state index contributed by atoms with van der Waals surface area (Å²) in [4.78, 5) is 10.8. The minimum atomic E-state index is 0.574. The van der Waals surface area contributed by atoms with E-state index in [1.807, 2.05) is 65.6 Å². The van der Waals surface area contributed by atoms with Crippen LogP contribution in [0, 0.1) is 0 Å². The molecule has 0 saturated heterocycles. The van der Waals surface area contributed by atoms with Gasteiger partial charge in [0.25, 0.3) is 0 Å². The van der Waals surface area contributed by atoms with Gasteiger partial charge in [-0.2, -0.15) is 0 Å². The second-order valence-corrected chi connectivity index (χ2v) is 6.20. The van der Waals surface area contributed by atoms with Crippen molar-refractivity contribution in [1.82, 2.24) is 14.9 Å². The molecule has 0 saturated carbocycles. The summed E-state index contributed by atoms with van der Waals surface area (Å²) in [5, 5.41) is 4.42. The number of anilines is 1. The zero-order valence-corrected chi connectivity index (χ0v) is 15.0. The van der Waals surface area contributed by atoms with Gasteiger partial charge in [-0.25, -0.2) is 0 Å². The molecule has 0 bridgehead atoms. The molecule has 0 aliphatic carbocycles. The first-order valence-corrected chi connectivity index (χ1v) is 8.61. The van der Waals surface area contributed by atoms with Crippen LogP contribution in [0.4, 0.5) is 5.69 Å². The van der Waals surface area contributed by atoms with Gasteiger partial charge in [0, 0.05) is 12.4 Å². The van der Waals surface area contributed by atoms with Gasteiger partial charge in [0.2, 0.25) is 0 Å². The van der Waals surface area contributed by atoms with Crippen molar-refractivity contribution in [3.63, 3.8) is 0 Å². The second-order valence-electron chi connectivity index (χ2n) is 5.41. The average Bonchev–Trinajstić information content (AvgIpc) is 2.65. The third-order valence-corrected chi connectivity index (χ3v) is 4.25. The van der Waals surface area contributed by atoms with Crippen LogP contribution in [-0.2, 0) is 13.1 Å². The van der Waals surface area contributed by atoms with Crippen molar-refractivity contribution in [2.24, 2.45) is 0 Å². The topological polar surface area (TPSA) is 41.0 Å². The summed E-state index contributed by atoms with van der Waals surface area (Å²) in [6.45, 7) is 1.15. The number of hydrogen-bond acceptors (Lipinski definition) is 3. The molecule has 25 heavy (non-hydrogen) atoms. The van der Waals surface area contributed by atoms with Crippen molar-refractivity contribution >= 4 is 34.6 Å². The van der Waals surface area contributed by atoms with Crippen molar-refractivity contribution in [2.75, 3.05) is 5.32 Å². The Morgan fingerprint density at radius 2 is 1.44 bits per heavy atom. The predicted molar refractivity (Wildman–Crippen MR) is 105 cm³/mol. The Morgan fingerprint density at radius 3 is 1.96 bits per heavy atom. The molecule has 0 fully saturated rings. The molecular formula is C19H17ClN4S. The summed E-state index contributed by atoms with van der Waals surface area (Å²) in [5.74, 6) is 0. The highest BCUT2D eigenvalue weighted by molar-refractivity contribution is 7.80. The van der Waals surface area contributed by atoms with Crippen LogP contribution < -0.4 is 5.32 Å². The lowest BCUT2D eigenvalue weighted by Crippen LogP contribution is -2.34. The zero-order chi connectivity index (χ0) is 17.5. The van der Waals surface area contributed by atoms with Crippen molar-refractivity contribution in [3.05, 3.63) is 89.5 Å². The Hall–Kier alpha value is -2.50. The van der Waals surface area contributed by atoms with E-state index in [1.54, 1.807) is 12.4 Å². The van der Waals surface area contributed by atoms with Crippen LogP contribution in [0.5, 0.6) is 0 Å². The molecule has 1 aromatic carbocycles. The Morgan fingerprint density at radius 1 is 0.880 bits per heavy atom.